The first kappa shape index (κ1) is 34.2. The Bertz CT molecular complexity index is 1780. The lowest BCUT2D eigenvalue weighted by Gasteiger charge is -2.35. The molecule has 0 aromatic heterocycles. The molecule has 1 saturated carbocycles. The molecule has 1 atom stereocenters. The summed E-state index contributed by atoms with van der Waals surface area (Å²) in [6.07, 6.45) is 5.31. The van der Waals surface area contributed by atoms with Crippen molar-refractivity contribution in [2.24, 2.45) is 0 Å². The molecule has 1 fully saturated rings. The van der Waals surface area contributed by atoms with Gasteiger partial charge in [0.15, 0.2) is 0 Å². The number of sulfonamides is 1. The Morgan fingerprint density at radius 1 is 0.830 bits per heavy atom. The van der Waals surface area contributed by atoms with E-state index in [9.17, 15) is 18.0 Å². The zero-order valence-corrected chi connectivity index (χ0v) is 28.5. The number of rotatable bonds is 12. The number of nitrogens with zero attached hydrogens (tertiary/aromatic N) is 2. The minimum atomic E-state index is -4.19. The molecule has 5 rings (SSSR count). The summed E-state index contributed by atoms with van der Waals surface area (Å²) in [4.78, 5) is 30.5. The second-order valence-electron chi connectivity index (χ2n) is 12.3. The number of halogens is 1. The molecule has 0 spiro atoms. The third kappa shape index (κ3) is 8.62. The Labute approximate surface area is 283 Å². The van der Waals surface area contributed by atoms with E-state index in [0.717, 1.165) is 58.7 Å². The monoisotopic (exact) mass is 671 g/mol. The molecule has 47 heavy (non-hydrogen) atoms. The van der Waals surface area contributed by atoms with Crippen LogP contribution in [0.1, 0.15) is 54.4 Å². The van der Waals surface area contributed by atoms with E-state index in [-0.39, 0.29) is 35.5 Å². The number of aryl methyl sites for hydroxylation is 2. The van der Waals surface area contributed by atoms with Crippen molar-refractivity contribution < 1.29 is 18.0 Å². The van der Waals surface area contributed by atoms with Crippen LogP contribution in [0.25, 0.3) is 0 Å². The van der Waals surface area contributed by atoms with E-state index in [1.807, 2.05) is 68.4 Å². The molecular weight excluding hydrogens is 630 g/mol. The molecular formula is C38H42ClN3O4S. The molecule has 4 aromatic rings. The number of anilines is 1. The van der Waals surface area contributed by atoms with E-state index in [1.54, 1.807) is 41.3 Å². The highest BCUT2D eigenvalue weighted by Gasteiger charge is 2.35. The normalized spacial score (nSPS) is 14.3. The standard InChI is InChI=1S/C38H42ClN3O4S/c1-28-14-12-13-17-31(28)26-41(36(24-30-15-6-3-7-16-30)38(44)40-32-18-8-4-9-19-32)37(43)27-42(33-23-22-29(2)35(39)25-33)47(45,46)34-20-10-5-11-21-34/h3,5-7,10-17,20-23,25,32,36H,4,8-9,18-19,24,26-27H2,1-2H3,(H,40,44). The van der Waals surface area contributed by atoms with Crippen LogP contribution in [-0.2, 0) is 32.6 Å². The highest BCUT2D eigenvalue weighted by molar-refractivity contribution is 7.92. The van der Waals surface area contributed by atoms with Gasteiger partial charge >= 0.3 is 0 Å². The molecule has 246 valence electrons. The van der Waals surface area contributed by atoms with E-state index >= 15 is 0 Å². The fourth-order valence-electron chi connectivity index (χ4n) is 6.05. The molecule has 0 saturated heterocycles. The second-order valence-corrected chi connectivity index (χ2v) is 14.5. The van der Waals surface area contributed by atoms with Gasteiger partial charge in [0, 0.05) is 24.0 Å². The quantitative estimate of drug-likeness (QED) is 0.172. The molecule has 4 aromatic carbocycles. The first-order chi connectivity index (χ1) is 22.6. The first-order valence-corrected chi connectivity index (χ1v) is 18.0. The number of hydrogen-bond acceptors (Lipinski definition) is 4. The van der Waals surface area contributed by atoms with Gasteiger partial charge in [0.2, 0.25) is 11.8 Å². The van der Waals surface area contributed by atoms with Crippen LogP contribution in [0.4, 0.5) is 5.69 Å². The number of nitrogens with one attached hydrogen (secondary N) is 1. The maximum atomic E-state index is 14.7. The predicted molar refractivity (Wildman–Crippen MR) is 188 cm³/mol. The zero-order valence-electron chi connectivity index (χ0n) is 26.9. The molecule has 1 aliphatic carbocycles. The minimum Gasteiger partial charge on any atom is -0.352 e. The van der Waals surface area contributed by atoms with Gasteiger partial charge in [0.25, 0.3) is 10.0 Å². The van der Waals surface area contributed by atoms with Crippen LogP contribution in [0.2, 0.25) is 5.02 Å². The van der Waals surface area contributed by atoms with Gasteiger partial charge in [-0.1, -0.05) is 110 Å². The van der Waals surface area contributed by atoms with E-state index in [1.165, 1.54) is 12.1 Å². The number of benzene rings is 4. The summed E-state index contributed by atoms with van der Waals surface area (Å²) in [5.41, 5.74) is 3.79. The highest BCUT2D eigenvalue weighted by atomic mass is 35.5. The van der Waals surface area contributed by atoms with E-state index in [0.29, 0.717) is 5.02 Å². The van der Waals surface area contributed by atoms with Gasteiger partial charge in [-0.15, -0.1) is 0 Å². The first-order valence-electron chi connectivity index (χ1n) is 16.2. The van der Waals surface area contributed by atoms with Crippen molar-refractivity contribution in [2.75, 3.05) is 10.8 Å². The number of amides is 2. The lowest BCUT2D eigenvalue weighted by atomic mass is 9.94. The molecule has 0 aliphatic heterocycles. The molecule has 2 amide bonds. The van der Waals surface area contributed by atoms with Crippen LogP contribution in [0.15, 0.2) is 108 Å². The molecule has 1 aliphatic rings. The average Bonchev–Trinajstić information content (AvgIpc) is 3.08. The van der Waals surface area contributed by atoms with Crippen LogP contribution in [0.5, 0.6) is 0 Å². The maximum absolute atomic E-state index is 14.7. The second kappa shape index (κ2) is 15.6. The molecule has 1 unspecified atom stereocenters. The summed E-state index contributed by atoms with van der Waals surface area (Å²) in [5.74, 6) is -0.734. The van der Waals surface area contributed by atoms with Crippen LogP contribution in [0, 0.1) is 13.8 Å². The summed E-state index contributed by atoms with van der Waals surface area (Å²) in [6, 6.07) is 29.5. The fourth-order valence-corrected chi connectivity index (χ4v) is 7.66. The Morgan fingerprint density at radius 3 is 2.13 bits per heavy atom. The van der Waals surface area contributed by atoms with Crippen molar-refractivity contribution in [3.63, 3.8) is 0 Å². The molecule has 7 nitrogen and oxygen atoms in total. The number of carbonyl (C=O) groups is 2. The topological polar surface area (TPSA) is 86.8 Å². The van der Waals surface area contributed by atoms with Crippen LogP contribution in [0.3, 0.4) is 0 Å². The van der Waals surface area contributed by atoms with E-state index in [2.05, 4.69) is 5.32 Å². The van der Waals surface area contributed by atoms with Crippen LogP contribution in [-0.4, -0.2) is 43.8 Å². The largest absolute Gasteiger partial charge is 0.352 e. The average molecular weight is 672 g/mol. The van der Waals surface area contributed by atoms with Crippen molar-refractivity contribution in [2.45, 2.75) is 75.9 Å². The third-order valence-electron chi connectivity index (χ3n) is 8.88. The van der Waals surface area contributed by atoms with Gasteiger partial charge in [-0.25, -0.2) is 8.42 Å². The van der Waals surface area contributed by atoms with Crippen LogP contribution < -0.4 is 9.62 Å². The third-order valence-corrected chi connectivity index (χ3v) is 11.1. The highest BCUT2D eigenvalue weighted by Crippen LogP contribution is 2.29. The van der Waals surface area contributed by atoms with Gasteiger partial charge in [-0.2, -0.15) is 0 Å². The van der Waals surface area contributed by atoms with Crippen LogP contribution >= 0.6 is 11.6 Å². The zero-order chi connectivity index (χ0) is 33.4. The molecule has 0 heterocycles. The van der Waals surface area contributed by atoms with Crippen molar-refractivity contribution in [1.29, 1.82) is 0 Å². The summed E-state index contributed by atoms with van der Waals surface area (Å²) in [5, 5.41) is 3.63. The van der Waals surface area contributed by atoms with Crippen molar-refractivity contribution >= 4 is 39.1 Å². The van der Waals surface area contributed by atoms with Gasteiger partial charge in [0.1, 0.15) is 12.6 Å². The Balaban J connectivity index is 1.58. The van der Waals surface area contributed by atoms with Gasteiger partial charge in [0.05, 0.1) is 10.6 Å². The van der Waals surface area contributed by atoms with E-state index < -0.39 is 28.5 Å². The van der Waals surface area contributed by atoms with Gasteiger partial charge in [-0.05, 0) is 73.2 Å². The Kier molecular flexibility index (Phi) is 11.4. The SMILES string of the molecule is Cc1ccc(N(CC(=O)N(Cc2ccccc2C)C(Cc2ccccc2)C(=O)NC2CCCCC2)S(=O)(=O)c2ccccc2)cc1Cl. The lowest BCUT2D eigenvalue weighted by molar-refractivity contribution is -0.140. The summed E-state index contributed by atoms with van der Waals surface area (Å²) >= 11 is 6.48. The fraction of sp³-hybridized carbons (Fsp3) is 0.316. The number of hydrogen-bond donors (Lipinski definition) is 1. The maximum Gasteiger partial charge on any atom is 0.264 e. The Hall–Kier alpha value is -4.14. The van der Waals surface area contributed by atoms with Crippen molar-refractivity contribution in [3.8, 4) is 0 Å². The minimum absolute atomic E-state index is 0.0367. The smallest absolute Gasteiger partial charge is 0.264 e. The summed E-state index contributed by atoms with van der Waals surface area (Å²) < 4.78 is 29.5. The van der Waals surface area contributed by atoms with E-state index in [4.69, 9.17) is 11.6 Å². The molecule has 0 radical (unpaired) electrons. The Morgan fingerprint density at radius 2 is 1.47 bits per heavy atom. The number of carbonyl (C=O) groups excluding carboxylic acids is 2. The summed E-state index contributed by atoms with van der Waals surface area (Å²) in [7, 11) is -4.19. The molecule has 0 bridgehead atoms. The lowest BCUT2D eigenvalue weighted by Crippen LogP contribution is -2.55. The predicted octanol–water partition coefficient (Wildman–Crippen LogP) is 7.24. The summed E-state index contributed by atoms with van der Waals surface area (Å²) in [6.45, 7) is 3.41. The van der Waals surface area contributed by atoms with Gasteiger partial charge < -0.3 is 10.2 Å². The molecule has 9 heteroatoms. The van der Waals surface area contributed by atoms with Crippen molar-refractivity contribution in [3.05, 3.63) is 130 Å². The molecule has 1 N–H and O–H groups in total. The van der Waals surface area contributed by atoms with Gasteiger partial charge in [-0.3, -0.25) is 13.9 Å². The van der Waals surface area contributed by atoms with Crippen molar-refractivity contribution in [1.82, 2.24) is 10.2 Å².